The number of ether oxygens (including phenoxy) is 1. The van der Waals surface area contributed by atoms with Crippen LogP contribution in [0, 0.1) is 6.92 Å². The zero-order valence-corrected chi connectivity index (χ0v) is 19.4. The second-order valence-electron chi connectivity index (χ2n) is 8.18. The van der Waals surface area contributed by atoms with Crippen LogP contribution in [0.2, 0.25) is 0 Å². The van der Waals surface area contributed by atoms with Crippen LogP contribution in [0.5, 0.6) is 5.75 Å². The number of carbonyl (C=O) groups excluding carboxylic acids is 1. The van der Waals surface area contributed by atoms with E-state index in [-0.39, 0.29) is 11.9 Å². The van der Waals surface area contributed by atoms with Crippen molar-refractivity contribution in [2.45, 2.75) is 58.4 Å². The summed E-state index contributed by atoms with van der Waals surface area (Å²) in [5, 5.41) is 0.815. The molecule has 0 atom stereocenters. The van der Waals surface area contributed by atoms with Crippen molar-refractivity contribution in [3.05, 3.63) is 64.1 Å². The van der Waals surface area contributed by atoms with E-state index in [9.17, 15) is 4.79 Å². The smallest absolute Gasteiger partial charge is 0.267 e. The quantitative estimate of drug-likeness (QED) is 0.504. The van der Waals surface area contributed by atoms with E-state index in [1.807, 2.05) is 54.3 Å². The third-order valence-corrected chi connectivity index (χ3v) is 7.11. The number of thioether (sulfide) groups is 1. The van der Waals surface area contributed by atoms with E-state index >= 15 is 0 Å². The number of methoxy groups -OCH3 is 1. The first-order valence-corrected chi connectivity index (χ1v) is 12.0. The van der Waals surface area contributed by atoms with Gasteiger partial charge in [-0.15, -0.1) is 0 Å². The van der Waals surface area contributed by atoms with Crippen molar-refractivity contribution >= 4 is 34.6 Å². The van der Waals surface area contributed by atoms with Gasteiger partial charge in [0, 0.05) is 6.04 Å². The summed E-state index contributed by atoms with van der Waals surface area (Å²) in [7, 11) is 1.67. The Morgan fingerprint density at radius 2 is 1.94 bits per heavy atom. The Bertz CT molecular complexity index is 1020. The minimum atomic E-state index is 0.0832. The summed E-state index contributed by atoms with van der Waals surface area (Å²) in [6.45, 7) is 4.19. The molecule has 0 aromatic heterocycles. The lowest BCUT2D eigenvalue weighted by molar-refractivity contribution is -0.124. The largest absolute Gasteiger partial charge is 0.497 e. The number of para-hydroxylation sites is 1. The fourth-order valence-corrected chi connectivity index (χ4v) is 5.37. The van der Waals surface area contributed by atoms with Crippen LogP contribution in [0.3, 0.4) is 0 Å². The van der Waals surface area contributed by atoms with Crippen molar-refractivity contribution in [2.24, 2.45) is 4.99 Å². The number of carbonyl (C=O) groups is 1. The molecule has 0 N–H and O–H groups in total. The standard InChI is InChI=1S/C26H30N2O2S/c1-4-19-10-8-9-13-23(19)27-26-28(21-11-6-5-7-12-21)25(29)24(31-26)17-20-14-15-22(30-3)16-18(20)2/h8-10,13-17,21H,4-7,11-12H2,1-3H3/b24-17+,27-26?. The van der Waals surface area contributed by atoms with Gasteiger partial charge < -0.3 is 4.74 Å². The van der Waals surface area contributed by atoms with Crippen molar-refractivity contribution in [3.8, 4) is 5.75 Å². The highest BCUT2D eigenvalue weighted by molar-refractivity contribution is 8.18. The molecule has 0 radical (unpaired) electrons. The topological polar surface area (TPSA) is 41.9 Å². The highest BCUT2D eigenvalue weighted by Crippen LogP contribution is 2.39. The molecule has 4 rings (SSSR count). The van der Waals surface area contributed by atoms with Crippen LogP contribution in [0.15, 0.2) is 52.4 Å². The lowest BCUT2D eigenvalue weighted by Crippen LogP contribution is -2.40. The first-order valence-electron chi connectivity index (χ1n) is 11.1. The summed E-state index contributed by atoms with van der Waals surface area (Å²) in [5.74, 6) is 0.909. The van der Waals surface area contributed by atoms with Crippen LogP contribution >= 0.6 is 11.8 Å². The highest BCUT2D eigenvalue weighted by atomic mass is 32.2. The van der Waals surface area contributed by atoms with Gasteiger partial charge >= 0.3 is 0 Å². The van der Waals surface area contributed by atoms with Gasteiger partial charge in [-0.2, -0.15) is 0 Å². The Kier molecular flexibility index (Phi) is 6.81. The maximum Gasteiger partial charge on any atom is 0.267 e. The molecule has 162 valence electrons. The van der Waals surface area contributed by atoms with E-state index in [1.165, 1.54) is 36.6 Å². The second-order valence-corrected chi connectivity index (χ2v) is 9.19. The maximum absolute atomic E-state index is 13.5. The van der Waals surface area contributed by atoms with Crippen LogP contribution in [-0.4, -0.2) is 29.1 Å². The van der Waals surface area contributed by atoms with Crippen molar-refractivity contribution < 1.29 is 9.53 Å². The molecule has 31 heavy (non-hydrogen) atoms. The molecule has 0 unspecified atom stereocenters. The molecule has 1 amide bonds. The molecule has 0 bridgehead atoms. The van der Waals surface area contributed by atoms with Gasteiger partial charge in [0.15, 0.2) is 5.17 Å². The van der Waals surface area contributed by atoms with Gasteiger partial charge in [-0.05, 0) is 78.9 Å². The molecule has 2 aromatic rings. The van der Waals surface area contributed by atoms with E-state index in [0.717, 1.165) is 51.9 Å². The van der Waals surface area contributed by atoms with E-state index in [1.54, 1.807) is 7.11 Å². The van der Waals surface area contributed by atoms with Crippen LogP contribution in [0.25, 0.3) is 6.08 Å². The Balaban J connectivity index is 1.73. The molecule has 0 spiro atoms. The molecule has 2 aromatic carbocycles. The minimum Gasteiger partial charge on any atom is -0.497 e. The van der Waals surface area contributed by atoms with Crippen molar-refractivity contribution in [3.63, 3.8) is 0 Å². The lowest BCUT2D eigenvalue weighted by atomic mass is 9.94. The third-order valence-electron chi connectivity index (χ3n) is 6.13. The molecule has 1 aliphatic carbocycles. The minimum absolute atomic E-state index is 0.0832. The summed E-state index contributed by atoms with van der Waals surface area (Å²) < 4.78 is 5.32. The second kappa shape index (κ2) is 9.73. The van der Waals surface area contributed by atoms with Gasteiger partial charge in [-0.25, -0.2) is 4.99 Å². The predicted octanol–water partition coefficient (Wildman–Crippen LogP) is 6.50. The van der Waals surface area contributed by atoms with E-state index in [2.05, 4.69) is 13.0 Å². The van der Waals surface area contributed by atoms with Crippen LogP contribution in [0.4, 0.5) is 5.69 Å². The normalized spacial score (nSPS) is 20.1. The number of aryl methyl sites for hydroxylation is 2. The Morgan fingerprint density at radius 1 is 1.16 bits per heavy atom. The molecule has 1 heterocycles. The predicted molar refractivity (Wildman–Crippen MR) is 130 cm³/mol. The Hall–Kier alpha value is -2.53. The molecule has 1 aliphatic heterocycles. The van der Waals surface area contributed by atoms with Gasteiger partial charge in [0.05, 0.1) is 17.7 Å². The van der Waals surface area contributed by atoms with Crippen molar-refractivity contribution in [1.29, 1.82) is 0 Å². The Labute approximate surface area is 189 Å². The molecule has 4 nitrogen and oxygen atoms in total. The van der Waals surface area contributed by atoms with Gasteiger partial charge in [-0.3, -0.25) is 9.69 Å². The molecule has 1 saturated carbocycles. The Morgan fingerprint density at radius 3 is 2.65 bits per heavy atom. The zero-order chi connectivity index (χ0) is 21.8. The van der Waals surface area contributed by atoms with Crippen molar-refractivity contribution in [2.75, 3.05) is 7.11 Å². The van der Waals surface area contributed by atoms with Crippen LogP contribution < -0.4 is 4.74 Å². The molecular formula is C26H30N2O2S. The monoisotopic (exact) mass is 434 g/mol. The molecule has 2 aliphatic rings. The number of aliphatic imine (C=N–C) groups is 1. The summed E-state index contributed by atoms with van der Waals surface area (Å²) in [4.78, 5) is 21.2. The number of nitrogens with zero attached hydrogens (tertiary/aromatic N) is 2. The third kappa shape index (κ3) is 4.72. The van der Waals surface area contributed by atoms with E-state index in [4.69, 9.17) is 9.73 Å². The highest BCUT2D eigenvalue weighted by Gasteiger charge is 2.38. The number of amidine groups is 1. The summed E-state index contributed by atoms with van der Waals surface area (Å²) in [5.41, 5.74) is 4.29. The van der Waals surface area contributed by atoms with Crippen molar-refractivity contribution in [1.82, 2.24) is 4.90 Å². The fourth-order valence-electron chi connectivity index (χ4n) is 4.33. The van der Waals surface area contributed by atoms with Gasteiger partial charge in [-0.1, -0.05) is 50.5 Å². The summed E-state index contributed by atoms with van der Waals surface area (Å²) in [6, 6.07) is 14.4. The average molecular weight is 435 g/mol. The fraction of sp³-hybridized carbons (Fsp3) is 0.385. The number of amides is 1. The lowest BCUT2D eigenvalue weighted by Gasteiger charge is -2.30. The first-order chi connectivity index (χ1) is 15.1. The zero-order valence-electron chi connectivity index (χ0n) is 18.6. The summed E-state index contributed by atoms with van der Waals surface area (Å²) >= 11 is 1.50. The number of hydrogen-bond donors (Lipinski definition) is 0. The van der Waals surface area contributed by atoms with E-state index in [0.29, 0.717) is 0 Å². The van der Waals surface area contributed by atoms with E-state index < -0.39 is 0 Å². The average Bonchev–Trinajstić information content (AvgIpc) is 3.10. The number of benzene rings is 2. The first kappa shape index (κ1) is 21.7. The number of hydrogen-bond acceptors (Lipinski definition) is 4. The molecule has 2 fully saturated rings. The maximum atomic E-state index is 13.5. The summed E-state index contributed by atoms with van der Waals surface area (Å²) in [6.07, 6.45) is 8.63. The van der Waals surface area contributed by atoms with Crippen LogP contribution in [-0.2, 0) is 11.2 Å². The molecule has 5 heteroatoms. The molecular weight excluding hydrogens is 404 g/mol. The van der Waals surface area contributed by atoms with Gasteiger partial charge in [0.25, 0.3) is 5.91 Å². The van der Waals surface area contributed by atoms with Gasteiger partial charge in [0.2, 0.25) is 0 Å². The SMILES string of the molecule is CCc1ccccc1N=C1S/C(=C/c2ccc(OC)cc2C)C(=O)N1C1CCCCC1. The van der Waals surface area contributed by atoms with Gasteiger partial charge in [0.1, 0.15) is 5.75 Å². The van der Waals surface area contributed by atoms with Crippen LogP contribution in [0.1, 0.15) is 55.7 Å². The number of rotatable bonds is 5. The molecule has 1 saturated heterocycles.